The lowest BCUT2D eigenvalue weighted by Crippen LogP contribution is -2.30. The fourth-order valence-electron chi connectivity index (χ4n) is 1.96. The summed E-state index contributed by atoms with van der Waals surface area (Å²) in [5, 5.41) is 2.64. The molecule has 0 aliphatic carbocycles. The van der Waals surface area contributed by atoms with Crippen LogP contribution in [0.3, 0.4) is 0 Å². The van der Waals surface area contributed by atoms with Crippen LogP contribution >= 0.6 is 11.6 Å². The molecule has 8 heteroatoms. The number of sulfonamides is 1. The topological polar surface area (TPSA) is 75.3 Å². The van der Waals surface area contributed by atoms with Crippen molar-refractivity contribution in [3.63, 3.8) is 0 Å². The average molecular weight is 371 g/mol. The Morgan fingerprint density at radius 3 is 2.46 bits per heavy atom. The third-order valence-electron chi connectivity index (χ3n) is 3.20. The van der Waals surface area contributed by atoms with E-state index in [1.807, 2.05) is 0 Å². The second kappa shape index (κ2) is 8.23. The van der Waals surface area contributed by atoms with Crippen LogP contribution in [-0.4, -0.2) is 20.9 Å². The normalized spacial score (nSPS) is 11.2. The summed E-state index contributed by atoms with van der Waals surface area (Å²) in [4.78, 5) is 11.7. The summed E-state index contributed by atoms with van der Waals surface area (Å²) in [7, 11) is -3.78. The molecule has 0 aromatic heterocycles. The number of rotatable bonds is 7. The fourth-order valence-corrected chi connectivity index (χ4v) is 3.51. The van der Waals surface area contributed by atoms with Crippen LogP contribution in [0.25, 0.3) is 0 Å². The van der Waals surface area contributed by atoms with Crippen LogP contribution < -0.4 is 10.0 Å². The third kappa shape index (κ3) is 5.02. The largest absolute Gasteiger partial charge is 0.352 e. The van der Waals surface area contributed by atoms with Crippen molar-refractivity contribution in [1.29, 1.82) is 0 Å². The number of carbonyl (C=O) groups excluding carboxylic acids is 1. The maximum atomic E-state index is 13.4. The Labute approximate surface area is 144 Å². The predicted molar refractivity (Wildman–Crippen MR) is 89.5 cm³/mol. The standard InChI is InChI=1S/C16H16ClFN2O3S/c17-13-6-2-4-8-15(13)24(22,23)20-10-9-16(21)19-11-12-5-1-3-7-14(12)18/h1-8,20H,9-11H2,(H,19,21). The number of hydrogen-bond acceptors (Lipinski definition) is 3. The maximum absolute atomic E-state index is 13.4. The lowest BCUT2D eigenvalue weighted by molar-refractivity contribution is -0.121. The van der Waals surface area contributed by atoms with Gasteiger partial charge in [-0.2, -0.15) is 0 Å². The zero-order chi connectivity index (χ0) is 17.6. The minimum atomic E-state index is -3.78. The average Bonchev–Trinajstić information content (AvgIpc) is 2.54. The second-order valence-electron chi connectivity index (χ2n) is 4.95. The van der Waals surface area contributed by atoms with Gasteiger partial charge in [-0.25, -0.2) is 17.5 Å². The first-order valence-electron chi connectivity index (χ1n) is 7.14. The molecule has 0 aliphatic rings. The maximum Gasteiger partial charge on any atom is 0.242 e. The summed E-state index contributed by atoms with van der Waals surface area (Å²) in [6, 6.07) is 12.1. The number of nitrogens with one attached hydrogen (secondary N) is 2. The summed E-state index contributed by atoms with van der Waals surface area (Å²) in [5.41, 5.74) is 0.363. The monoisotopic (exact) mass is 370 g/mol. The van der Waals surface area contributed by atoms with Gasteiger partial charge in [-0.05, 0) is 18.2 Å². The van der Waals surface area contributed by atoms with Crippen LogP contribution in [0.15, 0.2) is 53.4 Å². The summed E-state index contributed by atoms with van der Waals surface area (Å²) in [6.45, 7) is -0.0422. The Hall–Kier alpha value is -1.96. The summed E-state index contributed by atoms with van der Waals surface area (Å²) >= 11 is 5.85. The van der Waals surface area contributed by atoms with Crippen molar-refractivity contribution in [2.24, 2.45) is 0 Å². The van der Waals surface area contributed by atoms with E-state index in [9.17, 15) is 17.6 Å². The Bertz CT molecular complexity index is 828. The van der Waals surface area contributed by atoms with Gasteiger partial charge in [-0.15, -0.1) is 0 Å². The molecule has 0 aliphatic heterocycles. The fraction of sp³-hybridized carbons (Fsp3) is 0.188. The van der Waals surface area contributed by atoms with E-state index in [0.29, 0.717) is 5.56 Å². The molecule has 0 saturated heterocycles. The number of hydrogen-bond donors (Lipinski definition) is 2. The van der Waals surface area contributed by atoms with Gasteiger partial charge in [-0.3, -0.25) is 4.79 Å². The minimum absolute atomic E-state index is 0.0431. The molecule has 0 fully saturated rings. The number of benzene rings is 2. The molecule has 0 saturated carbocycles. The van der Waals surface area contributed by atoms with Gasteiger partial charge in [0.2, 0.25) is 15.9 Å². The number of halogens is 2. The van der Waals surface area contributed by atoms with E-state index < -0.39 is 15.8 Å². The van der Waals surface area contributed by atoms with Gasteiger partial charge in [0.1, 0.15) is 10.7 Å². The molecule has 24 heavy (non-hydrogen) atoms. The molecule has 2 aromatic rings. The summed E-state index contributed by atoms with van der Waals surface area (Å²) < 4.78 is 39.9. The number of amides is 1. The molecule has 5 nitrogen and oxygen atoms in total. The molecule has 0 atom stereocenters. The van der Waals surface area contributed by atoms with Crippen molar-refractivity contribution in [3.05, 3.63) is 64.9 Å². The smallest absolute Gasteiger partial charge is 0.242 e. The SMILES string of the molecule is O=C(CCNS(=O)(=O)c1ccccc1Cl)NCc1ccccc1F. The zero-order valence-electron chi connectivity index (χ0n) is 12.6. The molecule has 2 aromatic carbocycles. The molecule has 0 bridgehead atoms. The molecule has 128 valence electrons. The van der Waals surface area contributed by atoms with E-state index in [0.717, 1.165) is 0 Å². The van der Waals surface area contributed by atoms with E-state index >= 15 is 0 Å². The minimum Gasteiger partial charge on any atom is -0.352 e. The van der Waals surface area contributed by atoms with Crippen molar-refractivity contribution in [3.8, 4) is 0 Å². The van der Waals surface area contributed by atoms with Crippen LogP contribution in [0, 0.1) is 5.82 Å². The first-order valence-corrected chi connectivity index (χ1v) is 9.00. The lowest BCUT2D eigenvalue weighted by atomic mass is 10.2. The first-order chi connectivity index (χ1) is 11.4. The Kier molecular flexibility index (Phi) is 6.30. The molecule has 0 spiro atoms. The molecule has 1 amide bonds. The molecular weight excluding hydrogens is 355 g/mol. The Morgan fingerprint density at radius 2 is 1.75 bits per heavy atom. The highest BCUT2D eigenvalue weighted by molar-refractivity contribution is 7.89. The van der Waals surface area contributed by atoms with Crippen LogP contribution in [0.4, 0.5) is 4.39 Å². The molecule has 0 unspecified atom stereocenters. The van der Waals surface area contributed by atoms with E-state index in [2.05, 4.69) is 10.0 Å². The van der Waals surface area contributed by atoms with Crippen molar-refractivity contribution in [1.82, 2.24) is 10.0 Å². The predicted octanol–water partition coefficient (Wildman–Crippen LogP) is 2.46. The van der Waals surface area contributed by atoms with Gasteiger partial charge in [0.15, 0.2) is 0 Å². The highest BCUT2D eigenvalue weighted by atomic mass is 35.5. The third-order valence-corrected chi connectivity index (χ3v) is 5.16. The molecule has 2 N–H and O–H groups in total. The highest BCUT2D eigenvalue weighted by Gasteiger charge is 2.17. The lowest BCUT2D eigenvalue weighted by Gasteiger charge is -2.09. The first kappa shape index (κ1) is 18.4. The molecule has 0 radical (unpaired) electrons. The van der Waals surface area contributed by atoms with Gasteiger partial charge in [0.25, 0.3) is 0 Å². The summed E-state index contributed by atoms with van der Waals surface area (Å²) in [6.07, 6.45) is -0.0713. The Morgan fingerprint density at radius 1 is 1.08 bits per heavy atom. The van der Waals surface area contributed by atoms with Crippen LogP contribution in [0.2, 0.25) is 5.02 Å². The van der Waals surface area contributed by atoms with Gasteiger partial charge in [0, 0.05) is 25.1 Å². The van der Waals surface area contributed by atoms with Gasteiger partial charge < -0.3 is 5.32 Å². The van der Waals surface area contributed by atoms with Crippen LogP contribution in [0.1, 0.15) is 12.0 Å². The van der Waals surface area contributed by atoms with Crippen molar-refractivity contribution >= 4 is 27.5 Å². The van der Waals surface area contributed by atoms with E-state index in [1.165, 1.54) is 18.2 Å². The van der Waals surface area contributed by atoms with Gasteiger partial charge in [0.05, 0.1) is 5.02 Å². The van der Waals surface area contributed by atoms with Gasteiger partial charge in [-0.1, -0.05) is 41.9 Å². The summed E-state index contributed by atoms with van der Waals surface area (Å²) in [5.74, 6) is -0.794. The molecular formula is C16H16ClFN2O3S. The van der Waals surface area contributed by atoms with Crippen molar-refractivity contribution in [2.45, 2.75) is 17.9 Å². The van der Waals surface area contributed by atoms with E-state index in [1.54, 1.807) is 30.3 Å². The van der Waals surface area contributed by atoms with E-state index in [-0.39, 0.29) is 35.3 Å². The molecule has 0 heterocycles. The number of carbonyl (C=O) groups is 1. The van der Waals surface area contributed by atoms with Crippen molar-refractivity contribution < 1.29 is 17.6 Å². The Balaban J connectivity index is 1.82. The second-order valence-corrected chi connectivity index (χ2v) is 7.09. The highest BCUT2D eigenvalue weighted by Crippen LogP contribution is 2.19. The van der Waals surface area contributed by atoms with Crippen molar-refractivity contribution in [2.75, 3.05) is 6.54 Å². The van der Waals surface area contributed by atoms with Crippen LogP contribution in [-0.2, 0) is 21.4 Å². The van der Waals surface area contributed by atoms with Gasteiger partial charge >= 0.3 is 0 Å². The molecule has 2 rings (SSSR count). The quantitative estimate of drug-likeness (QED) is 0.786. The van der Waals surface area contributed by atoms with Crippen LogP contribution in [0.5, 0.6) is 0 Å². The van der Waals surface area contributed by atoms with E-state index in [4.69, 9.17) is 11.6 Å². The zero-order valence-corrected chi connectivity index (χ0v) is 14.2.